The molecular weight excluding hydrogens is 398 g/mol. The van der Waals surface area contributed by atoms with Crippen LogP contribution in [0, 0.1) is 0 Å². The van der Waals surface area contributed by atoms with Crippen molar-refractivity contribution in [1.82, 2.24) is 0 Å². The predicted octanol–water partition coefficient (Wildman–Crippen LogP) is 4.89. The number of aliphatic imine (C=N–C) groups is 1. The SMILES string of the molecule is COCc1ccccc1NC(N)=NCCCCSc1ccccc1Br. The number of nitrogens with two attached hydrogens (primary N) is 1. The van der Waals surface area contributed by atoms with Gasteiger partial charge in [-0.3, -0.25) is 4.99 Å². The van der Waals surface area contributed by atoms with Crippen molar-refractivity contribution in [3.05, 3.63) is 58.6 Å². The number of para-hydroxylation sites is 1. The number of hydrogen-bond donors (Lipinski definition) is 2. The van der Waals surface area contributed by atoms with Gasteiger partial charge in [0.2, 0.25) is 0 Å². The summed E-state index contributed by atoms with van der Waals surface area (Å²) in [7, 11) is 1.68. The third kappa shape index (κ3) is 7.10. The van der Waals surface area contributed by atoms with E-state index in [2.05, 4.69) is 44.4 Å². The zero-order chi connectivity index (χ0) is 17.9. The fraction of sp³-hybridized carbons (Fsp3) is 0.316. The normalized spacial score (nSPS) is 11.5. The lowest BCUT2D eigenvalue weighted by Gasteiger charge is -2.10. The summed E-state index contributed by atoms with van der Waals surface area (Å²) in [6, 6.07) is 16.2. The predicted molar refractivity (Wildman–Crippen MR) is 111 cm³/mol. The zero-order valence-electron chi connectivity index (χ0n) is 14.4. The molecule has 2 aromatic rings. The van der Waals surface area contributed by atoms with Gasteiger partial charge < -0.3 is 15.8 Å². The van der Waals surface area contributed by atoms with Crippen LogP contribution in [-0.4, -0.2) is 25.4 Å². The van der Waals surface area contributed by atoms with Crippen molar-refractivity contribution in [2.45, 2.75) is 24.3 Å². The number of rotatable bonds is 9. The molecule has 0 fully saturated rings. The molecule has 0 saturated heterocycles. The largest absolute Gasteiger partial charge is 0.380 e. The molecule has 2 aromatic carbocycles. The molecule has 0 heterocycles. The Morgan fingerprint density at radius 3 is 2.72 bits per heavy atom. The Morgan fingerprint density at radius 1 is 1.16 bits per heavy atom. The molecule has 6 heteroatoms. The number of halogens is 1. The number of anilines is 1. The first kappa shape index (κ1) is 19.8. The van der Waals surface area contributed by atoms with E-state index in [9.17, 15) is 0 Å². The number of unbranched alkanes of at least 4 members (excludes halogenated alkanes) is 1. The summed E-state index contributed by atoms with van der Waals surface area (Å²) in [5.41, 5.74) is 7.99. The van der Waals surface area contributed by atoms with Crippen LogP contribution in [0.4, 0.5) is 5.69 Å². The minimum atomic E-state index is 0.446. The van der Waals surface area contributed by atoms with Gasteiger partial charge in [-0.1, -0.05) is 30.3 Å². The summed E-state index contributed by atoms with van der Waals surface area (Å²) in [5, 5.41) is 3.16. The topological polar surface area (TPSA) is 59.6 Å². The first-order chi connectivity index (χ1) is 12.2. The first-order valence-corrected chi connectivity index (χ1v) is 9.99. The van der Waals surface area contributed by atoms with E-state index in [1.165, 1.54) is 4.90 Å². The summed E-state index contributed by atoms with van der Waals surface area (Å²) >= 11 is 5.43. The average molecular weight is 422 g/mol. The Bertz CT molecular complexity index is 694. The van der Waals surface area contributed by atoms with Gasteiger partial charge >= 0.3 is 0 Å². The average Bonchev–Trinajstić information content (AvgIpc) is 2.61. The molecule has 25 heavy (non-hydrogen) atoms. The molecule has 0 radical (unpaired) electrons. The highest BCUT2D eigenvalue weighted by molar-refractivity contribution is 9.10. The summed E-state index contributed by atoms with van der Waals surface area (Å²) in [5.74, 6) is 1.52. The second-order valence-corrected chi connectivity index (χ2v) is 7.46. The lowest BCUT2D eigenvalue weighted by Crippen LogP contribution is -2.23. The Hall–Kier alpha value is -1.50. The van der Waals surface area contributed by atoms with Crippen molar-refractivity contribution in [3.8, 4) is 0 Å². The molecule has 0 aliphatic heterocycles. The number of thioether (sulfide) groups is 1. The summed E-state index contributed by atoms with van der Waals surface area (Å²) in [6.45, 7) is 1.27. The lowest BCUT2D eigenvalue weighted by molar-refractivity contribution is 0.185. The van der Waals surface area contributed by atoms with Crippen LogP contribution < -0.4 is 11.1 Å². The van der Waals surface area contributed by atoms with Crippen molar-refractivity contribution < 1.29 is 4.74 Å². The molecule has 0 atom stereocenters. The highest BCUT2D eigenvalue weighted by Crippen LogP contribution is 2.27. The quantitative estimate of drug-likeness (QED) is 0.261. The zero-order valence-corrected chi connectivity index (χ0v) is 16.8. The van der Waals surface area contributed by atoms with Crippen molar-refractivity contribution in [2.24, 2.45) is 10.7 Å². The van der Waals surface area contributed by atoms with Crippen LogP contribution in [0.1, 0.15) is 18.4 Å². The maximum atomic E-state index is 5.98. The molecule has 2 rings (SSSR count). The van der Waals surface area contributed by atoms with Gasteiger partial charge in [0.05, 0.1) is 6.61 Å². The Labute approximate surface area is 162 Å². The van der Waals surface area contributed by atoms with Gasteiger partial charge in [-0.15, -0.1) is 11.8 Å². The molecule has 0 bridgehead atoms. The molecule has 0 saturated carbocycles. The van der Waals surface area contributed by atoms with Crippen LogP contribution in [0.15, 0.2) is 62.9 Å². The van der Waals surface area contributed by atoms with E-state index >= 15 is 0 Å². The summed E-state index contributed by atoms with van der Waals surface area (Å²) < 4.78 is 6.35. The minimum Gasteiger partial charge on any atom is -0.380 e. The number of nitrogens with zero attached hydrogens (tertiary/aromatic N) is 1. The molecule has 0 aromatic heterocycles. The third-order valence-electron chi connectivity index (χ3n) is 3.51. The Balaban J connectivity index is 1.70. The lowest BCUT2D eigenvalue weighted by atomic mass is 10.2. The molecule has 0 amide bonds. The van der Waals surface area contributed by atoms with E-state index < -0.39 is 0 Å². The van der Waals surface area contributed by atoms with E-state index in [0.29, 0.717) is 12.6 Å². The van der Waals surface area contributed by atoms with Crippen LogP contribution in [-0.2, 0) is 11.3 Å². The Kier molecular flexibility index (Phi) is 8.86. The van der Waals surface area contributed by atoms with Crippen LogP contribution in [0.2, 0.25) is 0 Å². The highest BCUT2D eigenvalue weighted by atomic mass is 79.9. The molecule has 0 unspecified atom stereocenters. The number of ether oxygens (including phenoxy) is 1. The third-order valence-corrected chi connectivity index (χ3v) is 5.62. The fourth-order valence-electron chi connectivity index (χ4n) is 2.26. The molecule has 0 aliphatic carbocycles. The van der Waals surface area contributed by atoms with Gasteiger partial charge in [-0.2, -0.15) is 0 Å². The van der Waals surface area contributed by atoms with Crippen LogP contribution in [0.25, 0.3) is 0 Å². The fourth-order valence-corrected chi connectivity index (χ4v) is 3.84. The maximum Gasteiger partial charge on any atom is 0.193 e. The van der Waals surface area contributed by atoms with Crippen LogP contribution in [0.5, 0.6) is 0 Å². The van der Waals surface area contributed by atoms with E-state index in [-0.39, 0.29) is 0 Å². The van der Waals surface area contributed by atoms with Crippen molar-refractivity contribution >= 4 is 39.3 Å². The van der Waals surface area contributed by atoms with Crippen molar-refractivity contribution in [2.75, 3.05) is 24.7 Å². The molecule has 134 valence electrons. The number of benzene rings is 2. The monoisotopic (exact) mass is 421 g/mol. The number of hydrogen-bond acceptors (Lipinski definition) is 3. The second kappa shape index (κ2) is 11.2. The van der Waals surface area contributed by atoms with E-state index in [1.807, 2.05) is 42.1 Å². The van der Waals surface area contributed by atoms with E-state index in [1.54, 1.807) is 7.11 Å². The van der Waals surface area contributed by atoms with Crippen molar-refractivity contribution in [1.29, 1.82) is 0 Å². The van der Waals surface area contributed by atoms with Gasteiger partial charge in [0, 0.05) is 34.3 Å². The molecule has 4 nitrogen and oxygen atoms in total. The molecule has 0 spiro atoms. The number of methoxy groups -OCH3 is 1. The van der Waals surface area contributed by atoms with Gasteiger partial charge in [0.1, 0.15) is 0 Å². The van der Waals surface area contributed by atoms with Gasteiger partial charge in [-0.05, 0) is 52.7 Å². The van der Waals surface area contributed by atoms with Gasteiger partial charge in [-0.25, -0.2) is 0 Å². The van der Waals surface area contributed by atoms with Crippen LogP contribution in [0.3, 0.4) is 0 Å². The van der Waals surface area contributed by atoms with E-state index in [0.717, 1.165) is 40.9 Å². The first-order valence-electron chi connectivity index (χ1n) is 8.22. The Morgan fingerprint density at radius 2 is 1.92 bits per heavy atom. The maximum absolute atomic E-state index is 5.98. The van der Waals surface area contributed by atoms with Gasteiger partial charge in [0.15, 0.2) is 5.96 Å². The minimum absolute atomic E-state index is 0.446. The van der Waals surface area contributed by atoms with Crippen molar-refractivity contribution in [3.63, 3.8) is 0 Å². The smallest absolute Gasteiger partial charge is 0.193 e. The van der Waals surface area contributed by atoms with Crippen LogP contribution >= 0.6 is 27.7 Å². The summed E-state index contributed by atoms with van der Waals surface area (Å²) in [6.07, 6.45) is 2.11. The molecule has 3 N–H and O–H groups in total. The molecular formula is C19H24BrN3OS. The standard InChI is InChI=1S/C19H24BrN3OS/c1-24-14-15-8-2-4-10-17(15)23-19(21)22-12-6-7-13-25-18-11-5-3-9-16(18)20/h2-5,8-11H,6-7,12-14H2,1H3,(H3,21,22,23). The highest BCUT2D eigenvalue weighted by Gasteiger charge is 2.02. The molecule has 0 aliphatic rings. The number of nitrogens with one attached hydrogen (secondary N) is 1. The summed E-state index contributed by atoms with van der Waals surface area (Å²) in [4.78, 5) is 5.69. The number of guanidine groups is 1. The van der Waals surface area contributed by atoms with E-state index in [4.69, 9.17) is 10.5 Å². The van der Waals surface area contributed by atoms with Gasteiger partial charge in [0.25, 0.3) is 0 Å². The second-order valence-electron chi connectivity index (χ2n) is 5.47.